The SMILES string of the molecule is CCn1nc(C(=O)N2CCN(c3nccnc3OC)CC2)c2ccccc2c1=O. The van der Waals surface area contributed by atoms with Crippen molar-refractivity contribution in [1.29, 1.82) is 0 Å². The summed E-state index contributed by atoms with van der Waals surface area (Å²) in [6.07, 6.45) is 3.21. The summed E-state index contributed by atoms with van der Waals surface area (Å²) >= 11 is 0. The van der Waals surface area contributed by atoms with E-state index in [1.165, 1.54) is 4.68 Å². The minimum Gasteiger partial charge on any atom is -0.478 e. The molecule has 9 nitrogen and oxygen atoms in total. The minimum atomic E-state index is -0.181. The first kappa shape index (κ1) is 18.9. The molecule has 0 aliphatic carbocycles. The van der Waals surface area contributed by atoms with Crippen LogP contribution in [0.2, 0.25) is 0 Å². The Morgan fingerprint density at radius 2 is 1.76 bits per heavy atom. The van der Waals surface area contributed by atoms with Gasteiger partial charge in [-0.2, -0.15) is 5.10 Å². The Morgan fingerprint density at radius 1 is 1.07 bits per heavy atom. The van der Waals surface area contributed by atoms with Crippen LogP contribution in [0.3, 0.4) is 0 Å². The minimum absolute atomic E-state index is 0.172. The largest absolute Gasteiger partial charge is 0.478 e. The van der Waals surface area contributed by atoms with Crippen molar-refractivity contribution in [1.82, 2.24) is 24.6 Å². The Balaban J connectivity index is 1.59. The van der Waals surface area contributed by atoms with Crippen molar-refractivity contribution >= 4 is 22.5 Å². The highest BCUT2D eigenvalue weighted by atomic mass is 16.5. The van der Waals surface area contributed by atoms with Crippen LogP contribution in [-0.2, 0) is 6.54 Å². The molecule has 150 valence electrons. The van der Waals surface area contributed by atoms with Crippen molar-refractivity contribution < 1.29 is 9.53 Å². The van der Waals surface area contributed by atoms with Crippen molar-refractivity contribution in [2.45, 2.75) is 13.5 Å². The van der Waals surface area contributed by atoms with Gasteiger partial charge >= 0.3 is 0 Å². The number of amides is 1. The third-order valence-corrected chi connectivity index (χ3v) is 5.08. The number of aryl methyl sites for hydroxylation is 1. The van der Waals surface area contributed by atoms with E-state index in [1.807, 2.05) is 17.9 Å². The number of hydrogen-bond donors (Lipinski definition) is 0. The molecule has 9 heteroatoms. The normalized spacial score (nSPS) is 14.3. The lowest BCUT2D eigenvalue weighted by atomic mass is 10.1. The predicted octanol–water partition coefficient (Wildman–Crippen LogP) is 1.18. The summed E-state index contributed by atoms with van der Waals surface area (Å²) in [6.45, 7) is 4.48. The van der Waals surface area contributed by atoms with E-state index >= 15 is 0 Å². The molecule has 1 amide bonds. The second-order valence-electron chi connectivity index (χ2n) is 6.68. The molecular weight excluding hydrogens is 372 g/mol. The molecule has 0 N–H and O–H groups in total. The predicted molar refractivity (Wildman–Crippen MR) is 108 cm³/mol. The van der Waals surface area contributed by atoms with Gasteiger partial charge in [-0.1, -0.05) is 18.2 Å². The summed E-state index contributed by atoms with van der Waals surface area (Å²) < 4.78 is 6.63. The number of hydrogen-bond acceptors (Lipinski definition) is 7. The number of piperazine rings is 1. The van der Waals surface area contributed by atoms with E-state index in [4.69, 9.17) is 4.74 Å². The van der Waals surface area contributed by atoms with E-state index in [9.17, 15) is 9.59 Å². The average molecular weight is 394 g/mol. The summed E-state index contributed by atoms with van der Waals surface area (Å²) in [5.41, 5.74) is 0.131. The zero-order valence-corrected chi connectivity index (χ0v) is 16.4. The molecule has 1 saturated heterocycles. The monoisotopic (exact) mass is 394 g/mol. The van der Waals surface area contributed by atoms with Crippen LogP contribution in [0.5, 0.6) is 5.88 Å². The van der Waals surface area contributed by atoms with E-state index in [0.29, 0.717) is 60.9 Å². The number of ether oxygens (including phenoxy) is 1. The number of carbonyl (C=O) groups excluding carboxylic acids is 1. The smallest absolute Gasteiger partial charge is 0.275 e. The van der Waals surface area contributed by atoms with E-state index in [-0.39, 0.29) is 11.5 Å². The van der Waals surface area contributed by atoms with Gasteiger partial charge in [0.05, 0.1) is 12.5 Å². The van der Waals surface area contributed by atoms with Gasteiger partial charge in [0.15, 0.2) is 11.5 Å². The molecule has 3 heterocycles. The number of fused-ring (bicyclic) bond motifs is 1. The lowest BCUT2D eigenvalue weighted by molar-refractivity contribution is 0.0740. The van der Waals surface area contributed by atoms with Gasteiger partial charge in [-0.15, -0.1) is 0 Å². The van der Waals surface area contributed by atoms with Crippen molar-refractivity contribution in [2.75, 3.05) is 38.2 Å². The van der Waals surface area contributed by atoms with E-state index in [0.717, 1.165) is 0 Å². The molecule has 0 atom stereocenters. The second kappa shape index (κ2) is 7.86. The van der Waals surface area contributed by atoms with Gasteiger partial charge in [0.25, 0.3) is 17.3 Å². The molecule has 0 spiro atoms. The number of benzene rings is 1. The van der Waals surface area contributed by atoms with Gasteiger partial charge in [0, 0.05) is 50.5 Å². The Morgan fingerprint density at radius 3 is 2.45 bits per heavy atom. The van der Waals surface area contributed by atoms with Crippen molar-refractivity contribution in [3.8, 4) is 5.88 Å². The number of anilines is 1. The van der Waals surface area contributed by atoms with Gasteiger partial charge in [-0.25, -0.2) is 14.6 Å². The maximum absolute atomic E-state index is 13.2. The average Bonchev–Trinajstić information content (AvgIpc) is 2.79. The van der Waals surface area contributed by atoms with Crippen molar-refractivity contribution in [3.63, 3.8) is 0 Å². The number of nitrogens with zero attached hydrogens (tertiary/aromatic N) is 6. The zero-order chi connectivity index (χ0) is 20.4. The first-order valence-corrected chi connectivity index (χ1v) is 9.53. The maximum atomic E-state index is 13.2. The molecule has 1 aromatic carbocycles. The Bertz CT molecular complexity index is 1100. The molecule has 1 aliphatic heterocycles. The summed E-state index contributed by atoms with van der Waals surface area (Å²) in [5.74, 6) is 0.967. The third kappa shape index (κ3) is 3.39. The Hall–Kier alpha value is -3.49. The lowest BCUT2D eigenvalue weighted by Crippen LogP contribution is -2.49. The van der Waals surface area contributed by atoms with Crippen LogP contribution in [0.15, 0.2) is 41.5 Å². The molecule has 0 saturated carbocycles. The van der Waals surface area contributed by atoms with Crippen LogP contribution in [0.1, 0.15) is 17.4 Å². The standard InChI is InChI=1S/C20H22N6O3/c1-3-26-19(27)15-7-5-4-6-14(15)16(23-26)20(28)25-12-10-24(11-13-25)17-18(29-2)22-9-8-21-17/h4-9H,3,10-13H2,1-2H3. The zero-order valence-electron chi connectivity index (χ0n) is 16.4. The third-order valence-electron chi connectivity index (χ3n) is 5.08. The summed E-state index contributed by atoms with van der Waals surface area (Å²) in [6, 6.07) is 7.12. The van der Waals surface area contributed by atoms with Gasteiger partial charge in [0.2, 0.25) is 0 Å². The molecule has 4 rings (SSSR count). The van der Waals surface area contributed by atoms with Crippen LogP contribution in [-0.4, -0.2) is 63.8 Å². The summed E-state index contributed by atoms with van der Waals surface area (Å²) in [4.78, 5) is 38.1. The fourth-order valence-electron chi connectivity index (χ4n) is 3.56. The maximum Gasteiger partial charge on any atom is 0.275 e. The van der Waals surface area contributed by atoms with E-state index < -0.39 is 0 Å². The fourth-order valence-corrected chi connectivity index (χ4v) is 3.56. The van der Waals surface area contributed by atoms with Crippen LogP contribution in [0.4, 0.5) is 5.82 Å². The topological polar surface area (TPSA) is 93.5 Å². The second-order valence-corrected chi connectivity index (χ2v) is 6.68. The van der Waals surface area contributed by atoms with E-state index in [1.54, 1.807) is 42.6 Å². The van der Waals surface area contributed by atoms with Crippen LogP contribution < -0.4 is 15.2 Å². The van der Waals surface area contributed by atoms with Crippen LogP contribution in [0, 0.1) is 0 Å². The number of rotatable bonds is 4. The van der Waals surface area contributed by atoms with Gasteiger partial charge in [0.1, 0.15) is 0 Å². The highest BCUT2D eigenvalue weighted by Gasteiger charge is 2.27. The Labute approximate surface area is 167 Å². The molecule has 0 radical (unpaired) electrons. The summed E-state index contributed by atoms with van der Waals surface area (Å²) in [5, 5.41) is 5.45. The first-order valence-electron chi connectivity index (χ1n) is 9.53. The molecule has 0 bridgehead atoms. The van der Waals surface area contributed by atoms with Gasteiger partial charge < -0.3 is 14.5 Å². The van der Waals surface area contributed by atoms with Gasteiger partial charge in [-0.3, -0.25) is 9.59 Å². The van der Waals surface area contributed by atoms with Crippen molar-refractivity contribution in [3.05, 3.63) is 52.7 Å². The lowest BCUT2D eigenvalue weighted by Gasteiger charge is -2.35. The molecule has 1 aliphatic rings. The number of methoxy groups -OCH3 is 1. The van der Waals surface area contributed by atoms with Crippen LogP contribution in [0.25, 0.3) is 10.8 Å². The number of carbonyl (C=O) groups is 1. The quantitative estimate of drug-likeness (QED) is 0.656. The molecule has 29 heavy (non-hydrogen) atoms. The highest BCUT2D eigenvalue weighted by molar-refractivity contribution is 6.04. The van der Waals surface area contributed by atoms with Crippen LogP contribution >= 0.6 is 0 Å². The Kier molecular flexibility index (Phi) is 5.11. The van der Waals surface area contributed by atoms with Crippen molar-refractivity contribution in [2.24, 2.45) is 0 Å². The highest BCUT2D eigenvalue weighted by Crippen LogP contribution is 2.24. The van der Waals surface area contributed by atoms with E-state index in [2.05, 4.69) is 15.1 Å². The molecule has 2 aromatic heterocycles. The summed E-state index contributed by atoms with van der Waals surface area (Å²) in [7, 11) is 1.56. The first-order chi connectivity index (χ1) is 14.1. The number of aromatic nitrogens is 4. The fraction of sp³-hybridized carbons (Fsp3) is 0.350. The molecule has 0 unspecified atom stereocenters. The molecule has 1 fully saturated rings. The molecular formula is C20H22N6O3. The van der Waals surface area contributed by atoms with Gasteiger partial charge in [-0.05, 0) is 13.0 Å². The molecule has 3 aromatic rings.